The second kappa shape index (κ2) is 6.93. The molecule has 0 bridgehead atoms. The fraction of sp³-hybridized carbons (Fsp3) is 0.0526. The van der Waals surface area contributed by atoms with Crippen LogP contribution in [0, 0.1) is 0 Å². The zero-order valence-electron chi connectivity index (χ0n) is 11.7. The van der Waals surface area contributed by atoms with Crippen molar-refractivity contribution < 1.29 is 0 Å². The third-order valence-corrected chi connectivity index (χ3v) is 6.32. The van der Waals surface area contributed by atoms with Crippen molar-refractivity contribution in [1.82, 2.24) is 0 Å². The number of hydrogen-bond acceptors (Lipinski definition) is 1. The first-order valence-corrected chi connectivity index (χ1v) is 8.96. The molecule has 0 spiro atoms. The van der Waals surface area contributed by atoms with Crippen LogP contribution in [0.1, 0.15) is 5.56 Å². The predicted molar refractivity (Wildman–Crippen MR) is 97.8 cm³/mol. The highest BCUT2D eigenvalue weighted by Gasteiger charge is 2.18. The molecule has 0 heterocycles. The molecular formula is C19H17PS. The summed E-state index contributed by atoms with van der Waals surface area (Å²) in [6.45, 7) is 0. The van der Waals surface area contributed by atoms with Crippen molar-refractivity contribution in [3.05, 3.63) is 90.5 Å². The van der Waals surface area contributed by atoms with Crippen molar-refractivity contribution in [1.29, 1.82) is 0 Å². The molecule has 0 saturated heterocycles. The predicted octanol–water partition coefficient (Wildman–Crippen LogP) is 3.87. The molecule has 3 aromatic rings. The van der Waals surface area contributed by atoms with E-state index in [0.717, 1.165) is 5.75 Å². The lowest BCUT2D eigenvalue weighted by atomic mass is 10.2. The van der Waals surface area contributed by atoms with Crippen molar-refractivity contribution in [3.63, 3.8) is 0 Å². The van der Waals surface area contributed by atoms with Gasteiger partial charge in [0.05, 0.1) is 0 Å². The van der Waals surface area contributed by atoms with Gasteiger partial charge in [-0.2, -0.15) is 12.6 Å². The zero-order chi connectivity index (χ0) is 14.5. The van der Waals surface area contributed by atoms with E-state index in [1.165, 1.54) is 21.5 Å². The monoisotopic (exact) mass is 308 g/mol. The van der Waals surface area contributed by atoms with Crippen LogP contribution >= 0.6 is 20.6 Å². The van der Waals surface area contributed by atoms with Gasteiger partial charge in [-0.25, -0.2) is 0 Å². The van der Waals surface area contributed by atoms with E-state index in [1.807, 2.05) is 0 Å². The third kappa shape index (κ3) is 3.20. The zero-order valence-corrected chi connectivity index (χ0v) is 13.5. The Bertz CT molecular complexity index is 656. The molecule has 0 saturated carbocycles. The summed E-state index contributed by atoms with van der Waals surface area (Å²) in [5.74, 6) is 0.772. The summed E-state index contributed by atoms with van der Waals surface area (Å²) in [7, 11) is -0.521. The Morgan fingerprint density at radius 1 is 0.619 bits per heavy atom. The molecule has 0 nitrogen and oxygen atoms in total. The van der Waals surface area contributed by atoms with Crippen LogP contribution in [0.4, 0.5) is 0 Å². The molecule has 0 aromatic heterocycles. The second-order valence-electron chi connectivity index (χ2n) is 4.79. The Labute approximate surface area is 133 Å². The maximum absolute atomic E-state index is 4.51. The van der Waals surface area contributed by atoms with E-state index in [1.54, 1.807) is 0 Å². The molecule has 104 valence electrons. The number of thiol groups is 1. The molecule has 0 aliphatic carbocycles. The molecule has 0 N–H and O–H groups in total. The van der Waals surface area contributed by atoms with Gasteiger partial charge in [-0.05, 0) is 29.4 Å². The molecule has 3 rings (SSSR count). The Morgan fingerprint density at radius 2 is 1.10 bits per heavy atom. The maximum Gasteiger partial charge on any atom is 0.0160 e. The average Bonchev–Trinajstić information content (AvgIpc) is 2.58. The quantitative estimate of drug-likeness (QED) is 0.549. The van der Waals surface area contributed by atoms with Gasteiger partial charge >= 0.3 is 0 Å². The number of rotatable bonds is 4. The summed E-state index contributed by atoms with van der Waals surface area (Å²) in [5.41, 5.74) is 1.32. The van der Waals surface area contributed by atoms with Crippen LogP contribution in [0.25, 0.3) is 0 Å². The van der Waals surface area contributed by atoms with E-state index in [-0.39, 0.29) is 0 Å². The second-order valence-corrected chi connectivity index (χ2v) is 7.29. The molecule has 0 atom stereocenters. The lowest BCUT2D eigenvalue weighted by Gasteiger charge is -2.21. The van der Waals surface area contributed by atoms with Gasteiger partial charge in [0.25, 0.3) is 0 Å². The fourth-order valence-electron chi connectivity index (χ4n) is 2.44. The molecule has 0 aliphatic heterocycles. The number of benzene rings is 3. The standard InChI is InChI=1S/C19H17PS/c21-15-16-9-7-8-14-19(16)20(17-10-3-1-4-11-17)18-12-5-2-6-13-18/h1-14,21H,15H2. The van der Waals surface area contributed by atoms with Crippen LogP contribution in [-0.4, -0.2) is 0 Å². The fourth-order valence-corrected chi connectivity index (χ4v) is 5.32. The maximum atomic E-state index is 4.51. The highest BCUT2D eigenvalue weighted by Crippen LogP contribution is 2.34. The molecule has 21 heavy (non-hydrogen) atoms. The lowest BCUT2D eigenvalue weighted by Crippen LogP contribution is -2.22. The van der Waals surface area contributed by atoms with E-state index in [4.69, 9.17) is 0 Å². The molecular weight excluding hydrogens is 291 g/mol. The first kappa shape index (κ1) is 14.4. The smallest absolute Gasteiger partial charge is 0.0160 e. The Morgan fingerprint density at radius 3 is 1.62 bits per heavy atom. The molecule has 2 heteroatoms. The summed E-state index contributed by atoms with van der Waals surface area (Å²) in [4.78, 5) is 0. The number of hydrogen-bond donors (Lipinski definition) is 1. The van der Waals surface area contributed by atoms with Gasteiger partial charge in [0.2, 0.25) is 0 Å². The van der Waals surface area contributed by atoms with Crippen LogP contribution in [-0.2, 0) is 5.75 Å². The van der Waals surface area contributed by atoms with Gasteiger partial charge in [-0.1, -0.05) is 84.9 Å². The summed E-state index contributed by atoms with van der Waals surface area (Å²) in [5, 5.41) is 4.17. The van der Waals surface area contributed by atoms with Gasteiger partial charge in [-0.15, -0.1) is 0 Å². The van der Waals surface area contributed by atoms with Crippen molar-refractivity contribution >= 4 is 36.5 Å². The molecule has 0 aliphatic rings. The summed E-state index contributed by atoms with van der Waals surface area (Å²) >= 11 is 4.51. The first-order valence-electron chi connectivity index (χ1n) is 6.99. The Balaban J connectivity index is 2.17. The summed E-state index contributed by atoms with van der Waals surface area (Å²) in [6, 6.07) is 30.2. The molecule has 0 amide bonds. The van der Waals surface area contributed by atoms with Crippen LogP contribution in [0.2, 0.25) is 0 Å². The Hall–Kier alpha value is -1.56. The van der Waals surface area contributed by atoms with E-state index < -0.39 is 7.92 Å². The normalized spacial score (nSPS) is 10.8. The first-order chi connectivity index (χ1) is 10.4. The minimum absolute atomic E-state index is 0.521. The topological polar surface area (TPSA) is 0 Å². The largest absolute Gasteiger partial charge is 0.175 e. The van der Waals surface area contributed by atoms with E-state index in [9.17, 15) is 0 Å². The highest BCUT2D eigenvalue weighted by molar-refractivity contribution is 7.80. The summed E-state index contributed by atoms with van der Waals surface area (Å²) in [6.07, 6.45) is 0. The van der Waals surface area contributed by atoms with E-state index in [2.05, 4.69) is 97.6 Å². The van der Waals surface area contributed by atoms with Crippen molar-refractivity contribution in [2.24, 2.45) is 0 Å². The molecule has 0 unspecified atom stereocenters. The Kier molecular flexibility index (Phi) is 4.75. The van der Waals surface area contributed by atoms with Gasteiger partial charge in [0.1, 0.15) is 0 Å². The van der Waals surface area contributed by atoms with Crippen molar-refractivity contribution in [3.8, 4) is 0 Å². The van der Waals surface area contributed by atoms with Crippen LogP contribution in [0.3, 0.4) is 0 Å². The molecule has 0 fully saturated rings. The van der Waals surface area contributed by atoms with Gasteiger partial charge in [-0.3, -0.25) is 0 Å². The van der Waals surface area contributed by atoms with Crippen LogP contribution in [0.5, 0.6) is 0 Å². The SMILES string of the molecule is SCc1ccccc1P(c1ccccc1)c1ccccc1. The van der Waals surface area contributed by atoms with Crippen molar-refractivity contribution in [2.45, 2.75) is 5.75 Å². The third-order valence-electron chi connectivity index (χ3n) is 3.43. The minimum Gasteiger partial charge on any atom is -0.175 e. The lowest BCUT2D eigenvalue weighted by molar-refractivity contribution is 1.47. The van der Waals surface area contributed by atoms with Crippen molar-refractivity contribution in [2.75, 3.05) is 0 Å². The molecule has 0 radical (unpaired) electrons. The van der Waals surface area contributed by atoms with E-state index >= 15 is 0 Å². The van der Waals surface area contributed by atoms with Gasteiger partial charge < -0.3 is 0 Å². The highest BCUT2D eigenvalue weighted by atomic mass is 32.1. The van der Waals surface area contributed by atoms with Gasteiger partial charge in [0, 0.05) is 5.75 Å². The molecule has 3 aromatic carbocycles. The van der Waals surface area contributed by atoms with Crippen LogP contribution < -0.4 is 15.9 Å². The van der Waals surface area contributed by atoms with E-state index in [0.29, 0.717) is 0 Å². The minimum atomic E-state index is -0.521. The van der Waals surface area contributed by atoms with Crippen LogP contribution in [0.15, 0.2) is 84.9 Å². The van der Waals surface area contributed by atoms with Gasteiger partial charge in [0.15, 0.2) is 0 Å². The average molecular weight is 308 g/mol. The summed E-state index contributed by atoms with van der Waals surface area (Å²) < 4.78 is 0.